The molecule has 0 amide bonds. The summed E-state index contributed by atoms with van der Waals surface area (Å²) in [4.78, 5) is 6.57. The lowest BCUT2D eigenvalue weighted by atomic mass is 9.77. The number of methoxy groups -OCH3 is 1. The van der Waals surface area contributed by atoms with Crippen molar-refractivity contribution in [3.63, 3.8) is 0 Å². The van der Waals surface area contributed by atoms with Gasteiger partial charge in [-0.1, -0.05) is 44.2 Å². The van der Waals surface area contributed by atoms with Gasteiger partial charge in [-0.25, -0.2) is 4.99 Å². The average Bonchev–Trinajstić information content (AvgIpc) is 2.66. The molecule has 26 heavy (non-hydrogen) atoms. The summed E-state index contributed by atoms with van der Waals surface area (Å²) >= 11 is 0. The van der Waals surface area contributed by atoms with Gasteiger partial charge in [0.15, 0.2) is 0 Å². The molecule has 0 fully saturated rings. The zero-order valence-corrected chi connectivity index (χ0v) is 16.7. The Morgan fingerprint density at radius 3 is 2.42 bits per heavy atom. The Morgan fingerprint density at radius 1 is 1.23 bits per heavy atom. The van der Waals surface area contributed by atoms with Crippen molar-refractivity contribution in [2.45, 2.75) is 33.3 Å². The van der Waals surface area contributed by atoms with Crippen molar-refractivity contribution in [2.75, 3.05) is 20.7 Å². The van der Waals surface area contributed by atoms with Crippen molar-refractivity contribution in [3.05, 3.63) is 59.2 Å². The Balaban J connectivity index is 2.61. The van der Waals surface area contributed by atoms with E-state index in [1.165, 1.54) is 0 Å². The van der Waals surface area contributed by atoms with E-state index in [4.69, 9.17) is 4.74 Å². The van der Waals surface area contributed by atoms with E-state index in [1.54, 1.807) is 7.11 Å². The highest BCUT2D eigenvalue weighted by molar-refractivity contribution is 5.65. The van der Waals surface area contributed by atoms with Gasteiger partial charge in [0.1, 0.15) is 11.4 Å². The van der Waals surface area contributed by atoms with Crippen molar-refractivity contribution in [3.8, 4) is 5.75 Å². The van der Waals surface area contributed by atoms with E-state index in [2.05, 4.69) is 11.9 Å². The molecule has 2 aromatic carbocycles. The highest BCUT2D eigenvalue weighted by Gasteiger charge is 2.38. The molecule has 2 rings (SSSR count). The summed E-state index contributed by atoms with van der Waals surface area (Å²) in [5.74, 6) is 0.612. The first kappa shape index (κ1) is 20.0. The van der Waals surface area contributed by atoms with Crippen LogP contribution in [0.2, 0.25) is 0 Å². The van der Waals surface area contributed by atoms with Crippen LogP contribution in [0.4, 0.5) is 5.69 Å². The molecule has 0 radical (unpaired) electrons. The molecule has 140 valence electrons. The molecule has 0 bridgehead atoms. The fourth-order valence-corrected chi connectivity index (χ4v) is 3.02. The molecule has 0 aliphatic heterocycles. The Morgan fingerprint density at radius 2 is 1.88 bits per heavy atom. The third kappa shape index (κ3) is 3.91. The van der Waals surface area contributed by atoms with Crippen LogP contribution in [0, 0.1) is 12.8 Å². The number of aryl methyl sites for hydroxylation is 1. The van der Waals surface area contributed by atoms with Crippen LogP contribution < -0.4 is 4.74 Å². The highest BCUT2D eigenvalue weighted by atomic mass is 16.5. The van der Waals surface area contributed by atoms with Crippen LogP contribution in [0.1, 0.15) is 37.5 Å². The molecule has 0 saturated heterocycles. The van der Waals surface area contributed by atoms with Gasteiger partial charge in [0.05, 0.1) is 19.1 Å². The van der Waals surface area contributed by atoms with Gasteiger partial charge in [-0.3, -0.25) is 0 Å². The predicted octanol–water partition coefficient (Wildman–Crippen LogP) is 4.51. The second-order valence-corrected chi connectivity index (χ2v) is 6.94. The number of ether oxygens (including phenoxy) is 1. The maximum absolute atomic E-state index is 11.7. The largest absolute Gasteiger partial charge is 0.496 e. The zero-order chi connectivity index (χ0) is 19.3. The number of hydrogen-bond acceptors (Lipinski definition) is 3. The molecule has 2 aromatic rings. The van der Waals surface area contributed by atoms with Crippen molar-refractivity contribution < 1.29 is 9.84 Å². The molecule has 0 aromatic heterocycles. The lowest BCUT2D eigenvalue weighted by molar-refractivity contribution is 0.0294. The fourth-order valence-electron chi connectivity index (χ4n) is 3.02. The van der Waals surface area contributed by atoms with E-state index in [0.29, 0.717) is 5.75 Å². The number of rotatable bonds is 7. The first-order valence-corrected chi connectivity index (χ1v) is 9.06. The van der Waals surface area contributed by atoms with Gasteiger partial charge in [0.25, 0.3) is 0 Å². The number of aliphatic imine (C=N–C) groups is 1. The van der Waals surface area contributed by atoms with E-state index in [9.17, 15) is 5.11 Å². The minimum absolute atomic E-state index is 0.0289. The van der Waals surface area contributed by atoms with Crippen LogP contribution in [0.5, 0.6) is 5.75 Å². The van der Waals surface area contributed by atoms with Crippen LogP contribution in [0.25, 0.3) is 0 Å². The van der Waals surface area contributed by atoms with Crippen LogP contribution >= 0.6 is 0 Å². The summed E-state index contributed by atoms with van der Waals surface area (Å²) in [6.07, 6.45) is 1.81. The quantitative estimate of drug-likeness (QED) is 0.588. The lowest BCUT2D eigenvalue weighted by Gasteiger charge is -2.35. The van der Waals surface area contributed by atoms with E-state index in [1.807, 2.05) is 81.5 Å². The summed E-state index contributed by atoms with van der Waals surface area (Å²) in [5, 5.41) is 11.7. The van der Waals surface area contributed by atoms with Gasteiger partial charge in [-0.15, -0.1) is 0 Å². The third-order valence-corrected chi connectivity index (χ3v) is 4.87. The minimum Gasteiger partial charge on any atom is -0.496 e. The molecule has 1 atom stereocenters. The molecule has 0 saturated carbocycles. The number of benzene rings is 2. The highest BCUT2D eigenvalue weighted by Crippen LogP contribution is 2.43. The second kappa shape index (κ2) is 8.37. The maximum Gasteiger partial charge on any atom is 0.127 e. The third-order valence-electron chi connectivity index (χ3n) is 4.87. The normalized spacial score (nSPS) is 13.8. The lowest BCUT2D eigenvalue weighted by Crippen LogP contribution is -2.34. The summed E-state index contributed by atoms with van der Waals surface area (Å²) < 4.78 is 5.64. The summed E-state index contributed by atoms with van der Waals surface area (Å²) in [5.41, 5.74) is 2.32. The van der Waals surface area contributed by atoms with E-state index >= 15 is 0 Å². The van der Waals surface area contributed by atoms with Gasteiger partial charge >= 0.3 is 0 Å². The van der Waals surface area contributed by atoms with Crippen molar-refractivity contribution in [2.24, 2.45) is 10.9 Å². The van der Waals surface area contributed by atoms with Gasteiger partial charge in [0, 0.05) is 25.2 Å². The minimum atomic E-state index is -1.14. The van der Waals surface area contributed by atoms with Crippen molar-refractivity contribution in [1.29, 1.82) is 0 Å². The van der Waals surface area contributed by atoms with Crippen LogP contribution in [0.3, 0.4) is 0 Å². The molecule has 0 aliphatic rings. The number of aliphatic hydroxyl groups is 1. The van der Waals surface area contributed by atoms with E-state index < -0.39 is 5.60 Å². The van der Waals surface area contributed by atoms with E-state index in [0.717, 1.165) is 28.9 Å². The second-order valence-electron chi connectivity index (χ2n) is 6.94. The number of hydrogen-bond donors (Lipinski definition) is 1. The van der Waals surface area contributed by atoms with Gasteiger partial charge in [0.2, 0.25) is 0 Å². The summed E-state index contributed by atoms with van der Waals surface area (Å²) in [6.45, 7) is 9.01. The molecule has 0 spiro atoms. The average molecular weight is 354 g/mol. The van der Waals surface area contributed by atoms with Crippen LogP contribution in [-0.2, 0) is 5.60 Å². The SMILES string of the molecule is CCN(C)/C=N/c1cc(OC)c(C(O)(c2ccccc2)C(C)C)cc1C. The first-order valence-electron chi connectivity index (χ1n) is 9.06. The molecule has 0 heterocycles. The fraction of sp³-hybridized carbons (Fsp3) is 0.409. The Hall–Kier alpha value is -2.33. The van der Waals surface area contributed by atoms with Crippen molar-refractivity contribution in [1.82, 2.24) is 4.90 Å². The smallest absolute Gasteiger partial charge is 0.127 e. The molecular formula is C22H30N2O2. The maximum atomic E-state index is 11.7. The molecule has 4 nitrogen and oxygen atoms in total. The first-order chi connectivity index (χ1) is 12.3. The Kier molecular flexibility index (Phi) is 6.43. The summed E-state index contributed by atoms with van der Waals surface area (Å²) in [7, 11) is 3.61. The molecular weight excluding hydrogens is 324 g/mol. The predicted molar refractivity (Wildman–Crippen MR) is 108 cm³/mol. The van der Waals surface area contributed by atoms with Gasteiger partial charge < -0.3 is 14.7 Å². The number of nitrogens with zero attached hydrogens (tertiary/aromatic N) is 2. The Labute approximate surface area is 157 Å². The van der Waals surface area contributed by atoms with Gasteiger partial charge in [-0.2, -0.15) is 0 Å². The molecule has 4 heteroatoms. The van der Waals surface area contributed by atoms with Crippen LogP contribution in [-0.4, -0.2) is 37.0 Å². The molecule has 1 unspecified atom stereocenters. The van der Waals surface area contributed by atoms with Crippen molar-refractivity contribution >= 4 is 12.0 Å². The standard InChI is InChI=1S/C22H30N2O2/c1-7-24(5)15-23-20-14-21(26-6)19(13-17(20)4)22(25,16(2)3)18-11-9-8-10-12-18/h8-16,25H,7H2,1-6H3/b23-15+. The van der Waals surface area contributed by atoms with Gasteiger partial charge in [-0.05, 0) is 37.0 Å². The Bertz CT molecular complexity index is 756. The van der Waals surface area contributed by atoms with Crippen LogP contribution in [0.15, 0.2) is 47.5 Å². The van der Waals surface area contributed by atoms with E-state index in [-0.39, 0.29) is 5.92 Å². The monoisotopic (exact) mass is 354 g/mol. The molecule has 1 N–H and O–H groups in total. The topological polar surface area (TPSA) is 45.1 Å². The molecule has 0 aliphatic carbocycles. The zero-order valence-electron chi connectivity index (χ0n) is 16.7. The summed E-state index contributed by atoms with van der Waals surface area (Å²) in [6, 6.07) is 13.6.